The molecule has 0 saturated heterocycles. The molecule has 6 heteroatoms. The third-order valence-electron chi connectivity index (χ3n) is 3.64. The lowest BCUT2D eigenvalue weighted by molar-refractivity contribution is -0.133. The van der Waals surface area contributed by atoms with Gasteiger partial charge in [0.1, 0.15) is 5.75 Å². The summed E-state index contributed by atoms with van der Waals surface area (Å²) in [5, 5.41) is 8.82. The molecule has 0 aliphatic rings. The van der Waals surface area contributed by atoms with Crippen molar-refractivity contribution in [3.05, 3.63) is 54.1 Å². The molecule has 0 aromatic heterocycles. The number of hydrogen-bond acceptors (Lipinski definition) is 5. The fraction of sp³-hybridized carbons (Fsp3) is 0.300. The van der Waals surface area contributed by atoms with Crippen LogP contribution in [0.25, 0.3) is 11.1 Å². The van der Waals surface area contributed by atoms with E-state index >= 15 is 0 Å². The van der Waals surface area contributed by atoms with Gasteiger partial charge in [-0.05, 0) is 41.3 Å². The van der Waals surface area contributed by atoms with E-state index in [1.54, 1.807) is 36.4 Å². The van der Waals surface area contributed by atoms with Crippen LogP contribution in [-0.4, -0.2) is 25.9 Å². The fourth-order valence-electron chi connectivity index (χ4n) is 2.47. The van der Waals surface area contributed by atoms with Crippen molar-refractivity contribution in [2.24, 2.45) is 5.92 Å². The zero-order chi connectivity index (χ0) is 19.2. The highest BCUT2D eigenvalue weighted by atomic mass is 32.2. The number of ether oxygens (including phenoxy) is 1. The van der Waals surface area contributed by atoms with Gasteiger partial charge in [-0.15, -0.1) is 0 Å². The molecule has 0 N–H and O–H groups in total. The quantitative estimate of drug-likeness (QED) is 0.548. The van der Waals surface area contributed by atoms with Gasteiger partial charge in [0, 0.05) is 0 Å². The maximum Gasteiger partial charge on any atom is 0.312 e. The van der Waals surface area contributed by atoms with E-state index < -0.39 is 15.8 Å². The SMILES string of the molecule is CC(C)CS(=O)(=O)CCC(=O)Oc1ccc(-c2ccc(C#N)cc2)cc1. The summed E-state index contributed by atoms with van der Waals surface area (Å²) in [6.07, 6.45) is -0.160. The van der Waals surface area contributed by atoms with Crippen molar-refractivity contribution < 1.29 is 17.9 Å². The van der Waals surface area contributed by atoms with Crippen molar-refractivity contribution in [1.29, 1.82) is 5.26 Å². The van der Waals surface area contributed by atoms with Crippen molar-refractivity contribution >= 4 is 15.8 Å². The number of benzene rings is 2. The Kier molecular flexibility index (Phi) is 6.53. The number of carbonyl (C=O) groups excluding carboxylic acids is 1. The van der Waals surface area contributed by atoms with Crippen LogP contribution in [0.2, 0.25) is 0 Å². The fourth-order valence-corrected chi connectivity index (χ4v) is 4.13. The van der Waals surface area contributed by atoms with Gasteiger partial charge in [-0.3, -0.25) is 4.79 Å². The van der Waals surface area contributed by atoms with Gasteiger partial charge in [-0.25, -0.2) is 8.42 Å². The van der Waals surface area contributed by atoms with Gasteiger partial charge >= 0.3 is 5.97 Å². The van der Waals surface area contributed by atoms with Crippen LogP contribution in [0.1, 0.15) is 25.8 Å². The van der Waals surface area contributed by atoms with Gasteiger partial charge in [0.25, 0.3) is 0 Å². The normalized spacial score (nSPS) is 11.2. The van der Waals surface area contributed by atoms with E-state index in [9.17, 15) is 13.2 Å². The maximum absolute atomic E-state index is 11.9. The first-order chi connectivity index (χ1) is 12.3. The van der Waals surface area contributed by atoms with Crippen LogP contribution in [0.5, 0.6) is 5.75 Å². The van der Waals surface area contributed by atoms with Crippen LogP contribution in [-0.2, 0) is 14.6 Å². The van der Waals surface area contributed by atoms with Crippen molar-refractivity contribution in [2.75, 3.05) is 11.5 Å². The number of carbonyl (C=O) groups is 1. The second kappa shape index (κ2) is 8.63. The smallest absolute Gasteiger partial charge is 0.312 e. The number of hydrogen-bond donors (Lipinski definition) is 0. The Labute approximate surface area is 154 Å². The van der Waals surface area contributed by atoms with Crippen molar-refractivity contribution in [2.45, 2.75) is 20.3 Å². The summed E-state index contributed by atoms with van der Waals surface area (Å²) in [6.45, 7) is 3.65. The highest BCUT2D eigenvalue weighted by molar-refractivity contribution is 7.91. The van der Waals surface area contributed by atoms with E-state index in [0.717, 1.165) is 11.1 Å². The molecule has 0 fully saturated rings. The summed E-state index contributed by atoms with van der Waals surface area (Å²) in [5.41, 5.74) is 2.46. The molecule has 0 amide bonds. The summed E-state index contributed by atoms with van der Waals surface area (Å²) in [6, 6.07) is 16.2. The Morgan fingerprint density at radius 2 is 1.58 bits per heavy atom. The van der Waals surface area contributed by atoms with Gasteiger partial charge < -0.3 is 4.74 Å². The molecule has 2 aromatic carbocycles. The highest BCUT2D eigenvalue weighted by Crippen LogP contribution is 2.23. The topological polar surface area (TPSA) is 84.2 Å². The Morgan fingerprint density at radius 1 is 1.04 bits per heavy atom. The van der Waals surface area contributed by atoms with Gasteiger partial charge in [0.2, 0.25) is 0 Å². The summed E-state index contributed by atoms with van der Waals surface area (Å²) in [5.74, 6) is -0.296. The average Bonchev–Trinajstić information content (AvgIpc) is 2.60. The number of esters is 1. The molecular formula is C20H21NO4S. The van der Waals surface area contributed by atoms with Gasteiger partial charge in [0.15, 0.2) is 9.84 Å². The predicted octanol–water partition coefficient (Wildman–Crippen LogP) is 3.59. The van der Waals surface area contributed by atoms with Crippen molar-refractivity contribution in [3.63, 3.8) is 0 Å². The molecule has 5 nitrogen and oxygen atoms in total. The zero-order valence-electron chi connectivity index (χ0n) is 14.8. The zero-order valence-corrected chi connectivity index (χ0v) is 15.6. The first-order valence-corrected chi connectivity index (χ1v) is 10.1. The Balaban J connectivity index is 1.94. The standard InChI is InChI=1S/C20H21NO4S/c1-15(2)14-26(23,24)12-11-20(22)25-19-9-7-18(8-10-19)17-5-3-16(13-21)4-6-17/h3-10,15H,11-12,14H2,1-2H3. The summed E-state index contributed by atoms with van der Waals surface area (Å²) in [7, 11) is -3.24. The minimum atomic E-state index is -3.24. The first-order valence-electron chi connectivity index (χ1n) is 8.31. The maximum atomic E-state index is 11.9. The average molecular weight is 371 g/mol. The molecule has 0 unspecified atom stereocenters. The summed E-state index contributed by atoms with van der Waals surface area (Å²) < 4.78 is 28.8. The van der Waals surface area contributed by atoms with E-state index in [2.05, 4.69) is 6.07 Å². The monoisotopic (exact) mass is 371 g/mol. The Bertz CT molecular complexity index is 892. The third-order valence-corrected chi connectivity index (χ3v) is 5.64. The number of nitriles is 1. The van der Waals surface area contributed by atoms with Gasteiger partial charge in [-0.1, -0.05) is 38.1 Å². The van der Waals surface area contributed by atoms with E-state index in [0.29, 0.717) is 11.3 Å². The number of rotatable bonds is 7. The molecule has 0 heterocycles. The molecule has 0 aliphatic heterocycles. The second-order valence-electron chi connectivity index (χ2n) is 6.45. The third kappa shape index (κ3) is 6.01. The van der Waals surface area contributed by atoms with Crippen LogP contribution < -0.4 is 4.74 Å². The molecule has 2 aromatic rings. The molecule has 0 radical (unpaired) electrons. The van der Waals surface area contributed by atoms with Crippen LogP contribution in [0, 0.1) is 17.2 Å². The van der Waals surface area contributed by atoms with Gasteiger partial charge in [0.05, 0.1) is 29.6 Å². The molecule has 0 saturated carbocycles. The number of sulfone groups is 1. The molecule has 0 atom stereocenters. The van der Waals surface area contributed by atoms with Crippen LogP contribution in [0.4, 0.5) is 0 Å². The Hall–Kier alpha value is -2.65. The molecule has 0 aliphatic carbocycles. The van der Waals surface area contributed by atoms with Crippen LogP contribution >= 0.6 is 0 Å². The van der Waals surface area contributed by atoms with Crippen LogP contribution in [0.15, 0.2) is 48.5 Å². The lowest BCUT2D eigenvalue weighted by Crippen LogP contribution is -2.19. The lowest BCUT2D eigenvalue weighted by Gasteiger charge is -2.08. The molecule has 26 heavy (non-hydrogen) atoms. The van der Waals surface area contributed by atoms with E-state index in [-0.39, 0.29) is 23.8 Å². The van der Waals surface area contributed by atoms with Crippen molar-refractivity contribution in [1.82, 2.24) is 0 Å². The predicted molar refractivity (Wildman–Crippen MR) is 100 cm³/mol. The van der Waals surface area contributed by atoms with Crippen LogP contribution in [0.3, 0.4) is 0 Å². The van der Waals surface area contributed by atoms with E-state index in [1.165, 1.54) is 0 Å². The summed E-state index contributed by atoms with van der Waals surface area (Å²) >= 11 is 0. The van der Waals surface area contributed by atoms with E-state index in [4.69, 9.17) is 10.00 Å². The Morgan fingerprint density at radius 3 is 2.08 bits per heavy atom. The largest absolute Gasteiger partial charge is 0.427 e. The molecule has 0 bridgehead atoms. The highest BCUT2D eigenvalue weighted by Gasteiger charge is 2.16. The molecule has 0 spiro atoms. The minimum Gasteiger partial charge on any atom is -0.427 e. The molecule has 136 valence electrons. The second-order valence-corrected chi connectivity index (χ2v) is 8.67. The minimum absolute atomic E-state index is 0.0331. The van der Waals surface area contributed by atoms with Crippen molar-refractivity contribution in [3.8, 4) is 22.9 Å². The molecule has 2 rings (SSSR count). The van der Waals surface area contributed by atoms with Gasteiger partial charge in [-0.2, -0.15) is 5.26 Å². The van der Waals surface area contributed by atoms with E-state index in [1.807, 2.05) is 26.0 Å². The lowest BCUT2D eigenvalue weighted by atomic mass is 10.0. The number of nitrogens with zero attached hydrogens (tertiary/aromatic N) is 1. The summed E-state index contributed by atoms with van der Waals surface area (Å²) in [4.78, 5) is 11.9. The molecular weight excluding hydrogens is 350 g/mol. The first kappa shape index (κ1) is 19.7.